The zero-order valence-corrected chi connectivity index (χ0v) is 7.94. The molecule has 0 saturated heterocycles. The van der Waals surface area contributed by atoms with Gasteiger partial charge in [-0.25, -0.2) is 0 Å². The number of nitrogens with one attached hydrogen (secondary N) is 1. The maximum Gasteiger partial charge on any atom is 0.244 e. The Morgan fingerprint density at radius 2 is 2.09 bits per heavy atom. The number of rotatable bonds is 3. The molecule has 11 heavy (non-hydrogen) atoms. The van der Waals surface area contributed by atoms with Crippen LogP contribution < -0.4 is 5.32 Å². The molecule has 4 heteroatoms. The Morgan fingerprint density at radius 1 is 1.64 bits per heavy atom. The molecule has 0 spiro atoms. The van der Waals surface area contributed by atoms with Gasteiger partial charge in [-0.2, -0.15) is 0 Å². The van der Waals surface area contributed by atoms with Crippen LogP contribution in [0.15, 0.2) is 12.7 Å². The minimum absolute atomic E-state index is 0. The lowest BCUT2D eigenvalue weighted by atomic mass is 10.4. The Hall–Kier alpha value is -0.540. The lowest BCUT2D eigenvalue weighted by molar-refractivity contribution is -0.117. The number of carbonyl (C=O) groups excluding carboxylic acids is 1. The smallest absolute Gasteiger partial charge is 0.244 e. The van der Waals surface area contributed by atoms with E-state index in [4.69, 9.17) is 0 Å². The molecule has 1 amide bonds. The van der Waals surface area contributed by atoms with E-state index in [1.165, 1.54) is 6.08 Å². The van der Waals surface area contributed by atoms with Gasteiger partial charge in [-0.3, -0.25) is 9.69 Å². The number of carbonyl (C=O) groups is 1. The topological polar surface area (TPSA) is 32.3 Å². The third-order valence-electron chi connectivity index (χ3n) is 1.31. The highest BCUT2D eigenvalue weighted by molar-refractivity contribution is 5.86. The predicted octanol–water partition coefficient (Wildman–Crippen LogP) is 0.618. The van der Waals surface area contributed by atoms with E-state index in [0.29, 0.717) is 0 Å². The van der Waals surface area contributed by atoms with Gasteiger partial charge in [0.1, 0.15) is 0 Å². The second kappa shape index (κ2) is 6.19. The number of halogens is 1. The Morgan fingerprint density at radius 3 is 2.36 bits per heavy atom. The summed E-state index contributed by atoms with van der Waals surface area (Å²) in [4.78, 5) is 12.6. The summed E-state index contributed by atoms with van der Waals surface area (Å²) in [5.41, 5.74) is 0. The normalized spacial score (nSPS) is 11.6. The second-order valence-corrected chi connectivity index (χ2v) is 2.35. The van der Waals surface area contributed by atoms with Crippen LogP contribution in [0.2, 0.25) is 0 Å². The van der Waals surface area contributed by atoms with Crippen molar-refractivity contribution in [1.29, 1.82) is 0 Å². The number of amides is 1. The van der Waals surface area contributed by atoms with Crippen molar-refractivity contribution in [3.8, 4) is 0 Å². The highest BCUT2D eigenvalue weighted by atomic mass is 35.5. The van der Waals surface area contributed by atoms with Gasteiger partial charge in [-0.05, 0) is 27.1 Å². The van der Waals surface area contributed by atoms with E-state index in [2.05, 4.69) is 11.9 Å². The number of hydrogen-bond acceptors (Lipinski definition) is 2. The van der Waals surface area contributed by atoms with Crippen LogP contribution in [0.25, 0.3) is 0 Å². The molecule has 3 nitrogen and oxygen atoms in total. The van der Waals surface area contributed by atoms with Gasteiger partial charge in [-0.1, -0.05) is 6.58 Å². The summed E-state index contributed by atoms with van der Waals surface area (Å²) in [5, 5.41) is 2.70. The third-order valence-corrected chi connectivity index (χ3v) is 1.31. The van der Waals surface area contributed by atoms with Crippen molar-refractivity contribution in [2.75, 3.05) is 14.1 Å². The average Bonchev–Trinajstić information content (AvgIpc) is 1.87. The predicted molar refractivity (Wildman–Crippen MR) is 48.7 cm³/mol. The van der Waals surface area contributed by atoms with Crippen molar-refractivity contribution in [1.82, 2.24) is 10.2 Å². The summed E-state index contributed by atoms with van der Waals surface area (Å²) < 4.78 is 0. The molecular formula is C7H15ClN2O. The standard InChI is InChI=1S/C7H14N2O.ClH/c1-5-7(10)8-6(2)9(3)4;/h5-6H,1H2,2-4H3,(H,8,10);1H. The first-order valence-corrected chi connectivity index (χ1v) is 3.17. The Bertz CT molecular complexity index is 136. The van der Waals surface area contributed by atoms with E-state index in [1.807, 2.05) is 25.9 Å². The van der Waals surface area contributed by atoms with Crippen molar-refractivity contribution >= 4 is 18.3 Å². The maximum absolute atomic E-state index is 10.7. The van der Waals surface area contributed by atoms with Gasteiger partial charge in [0.05, 0.1) is 6.17 Å². The molecule has 0 aliphatic carbocycles. The Labute approximate surface area is 73.9 Å². The fourth-order valence-electron chi connectivity index (χ4n) is 0.394. The van der Waals surface area contributed by atoms with Crippen LogP contribution >= 0.6 is 12.4 Å². The lowest BCUT2D eigenvalue weighted by Gasteiger charge is -2.19. The fourth-order valence-corrected chi connectivity index (χ4v) is 0.394. The van der Waals surface area contributed by atoms with Crippen LogP contribution in [0.3, 0.4) is 0 Å². The molecule has 0 bridgehead atoms. The SMILES string of the molecule is C=CC(=O)NC(C)N(C)C.Cl. The monoisotopic (exact) mass is 178 g/mol. The minimum Gasteiger partial charge on any atom is -0.337 e. The molecule has 1 atom stereocenters. The number of nitrogens with zero attached hydrogens (tertiary/aromatic N) is 1. The number of hydrogen-bond donors (Lipinski definition) is 1. The summed E-state index contributed by atoms with van der Waals surface area (Å²) in [7, 11) is 3.79. The first kappa shape index (κ1) is 13.1. The summed E-state index contributed by atoms with van der Waals surface area (Å²) >= 11 is 0. The molecule has 1 unspecified atom stereocenters. The highest BCUT2D eigenvalue weighted by Crippen LogP contribution is 1.84. The molecule has 0 rings (SSSR count). The van der Waals surface area contributed by atoms with Gasteiger partial charge in [-0.15, -0.1) is 12.4 Å². The van der Waals surface area contributed by atoms with E-state index in [1.54, 1.807) is 0 Å². The quantitative estimate of drug-likeness (QED) is 0.508. The van der Waals surface area contributed by atoms with E-state index < -0.39 is 0 Å². The van der Waals surface area contributed by atoms with Crippen molar-refractivity contribution in [3.05, 3.63) is 12.7 Å². The van der Waals surface area contributed by atoms with Crippen LogP contribution in [0.4, 0.5) is 0 Å². The molecule has 0 fully saturated rings. The summed E-state index contributed by atoms with van der Waals surface area (Å²) in [6.07, 6.45) is 1.32. The zero-order valence-electron chi connectivity index (χ0n) is 7.13. The average molecular weight is 179 g/mol. The van der Waals surface area contributed by atoms with Crippen LogP contribution in [0.5, 0.6) is 0 Å². The van der Waals surface area contributed by atoms with Gasteiger partial charge < -0.3 is 5.32 Å². The molecule has 0 saturated carbocycles. The third kappa shape index (κ3) is 5.88. The summed E-state index contributed by atoms with van der Waals surface area (Å²) in [6, 6.07) is 0. The molecule has 0 aromatic heterocycles. The van der Waals surface area contributed by atoms with Crippen molar-refractivity contribution in [2.45, 2.75) is 13.1 Å². The Balaban J connectivity index is 0. The minimum atomic E-state index is -0.138. The Kier molecular flexibility index (Phi) is 7.36. The zero-order chi connectivity index (χ0) is 8.15. The van der Waals surface area contributed by atoms with Crippen LogP contribution in [0, 0.1) is 0 Å². The van der Waals surface area contributed by atoms with E-state index in [9.17, 15) is 4.79 Å². The maximum atomic E-state index is 10.7. The van der Waals surface area contributed by atoms with Crippen LogP contribution in [-0.2, 0) is 4.79 Å². The molecule has 0 heterocycles. The van der Waals surface area contributed by atoms with Crippen LogP contribution in [0.1, 0.15) is 6.92 Å². The molecule has 0 aromatic rings. The largest absolute Gasteiger partial charge is 0.337 e. The molecule has 0 aromatic carbocycles. The molecular weight excluding hydrogens is 164 g/mol. The van der Waals surface area contributed by atoms with Gasteiger partial charge >= 0.3 is 0 Å². The van der Waals surface area contributed by atoms with Crippen molar-refractivity contribution < 1.29 is 4.79 Å². The van der Waals surface area contributed by atoms with Crippen LogP contribution in [-0.4, -0.2) is 31.1 Å². The van der Waals surface area contributed by atoms with E-state index in [-0.39, 0.29) is 24.5 Å². The van der Waals surface area contributed by atoms with E-state index >= 15 is 0 Å². The summed E-state index contributed by atoms with van der Waals surface area (Å²) in [5.74, 6) is -0.138. The van der Waals surface area contributed by atoms with E-state index in [0.717, 1.165) is 0 Å². The van der Waals surface area contributed by atoms with Crippen molar-refractivity contribution in [2.24, 2.45) is 0 Å². The molecule has 1 N–H and O–H groups in total. The molecule has 66 valence electrons. The highest BCUT2D eigenvalue weighted by Gasteiger charge is 2.04. The first-order chi connectivity index (χ1) is 4.57. The van der Waals surface area contributed by atoms with Gasteiger partial charge in [0.15, 0.2) is 0 Å². The molecule has 0 aliphatic heterocycles. The first-order valence-electron chi connectivity index (χ1n) is 3.17. The molecule has 0 radical (unpaired) electrons. The van der Waals surface area contributed by atoms with Gasteiger partial charge in [0, 0.05) is 0 Å². The second-order valence-electron chi connectivity index (χ2n) is 2.35. The lowest BCUT2D eigenvalue weighted by Crippen LogP contribution is -2.41. The fraction of sp³-hybridized carbons (Fsp3) is 0.571. The van der Waals surface area contributed by atoms with Gasteiger partial charge in [0.2, 0.25) is 5.91 Å². The molecule has 0 aliphatic rings. The van der Waals surface area contributed by atoms with Gasteiger partial charge in [0.25, 0.3) is 0 Å². The summed E-state index contributed by atoms with van der Waals surface area (Å²) in [6.45, 7) is 5.25. The van der Waals surface area contributed by atoms with Crippen molar-refractivity contribution in [3.63, 3.8) is 0 Å².